The van der Waals surface area contributed by atoms with Crippen LogP contribution in [0, 0.1) is 13.8 Å². The number of hydrogen-bond donors (Lipinski definition) is 0. The van der Waals surface area contributed by atoms with E-state index in [4.69, 9.17) is 11.6 Å². The zero-order valence-electron chi connectivity index (χ0n) is 18.9. The predicted molar refractivity (Wildman–Crippen MR) is 118 cm³/mol. The number of nitrogens with zero attached hydrogens (tertiary/aromatic N) is 5. The van der Waals surface area contributed by atoms with E-state index in [0.29, 0.717) is 40.4 Å². The van der Waals surface area contributed by atoms with Crippen molar-refractivity contribution in [1.82, 2.24) is 24.5 Å². The molecule has 0 aliphatic heterocycles. The number of Topliss-reactive ketones (excluding diaryl/α,β-unsaturated/α-hetero) is 1. The summed E-state index contributed by atoms with van der Waals surface area (Å²) >= 11 is 6.47. The molecule has 1 saturated carbocycles. The third-order valence-corrected chi connectivity index (χ3v) is 6.88. The van der Waals surface area contributed by atoms with Gasteiger partial charge in [0, 0.05) is 41.0 Å². The lowest BCUT2D eigenvalue weighted by Gasteiger charge is -2.44. The van der Waals surface area contributed by atoms with Crippen molar-refractivity contribution >= 4 is 29.1 Å². The van der Waals surface area contributed by atoms with Crippen LogP contribution in [0.1, 0.15) is 54.0 Å². The minimum Gasteiger partial charge on any atom is -0.329 e. The Labute approximate surface area is 198 Å². The minimum absolute atomic E-state index is 0.0872. The first kappa shape index (κ1) is 24.1. The summed E-state index contributed by atoms with van der Waals surface area (Å²) in [4.78, 5) is 35.8. The van der Waals surface area contributed by atoms with Gasteiger partial charge in [0.05, 0.1) is 6.42 Å². The lowest BCUT2D eigenvalue weighted by atomic mass is 9.74. The maximum atomic E-state index is 13.5. The molecule has 2 aromatic heterocycles. The maximum absolute atomic E-state index is 13.5. The molecule has 0 radical (unpaired) electrons. The number of rotatable bonds is 4. The number of carbonyl (C=O) groups excluding carboxylic acids is 2. The Morgan fingerprint density at radius 3 is 2.56 bits per heavy atom. The van der Waals surface area contributed by atoms with E-state index in [9.17, 15) is 22.8 Å². The average Bonchev–Trinajstić information content (AvgIpc) is 3.22. The molecule has 1 amide bonds. The van der Waals surface area contributed by atoms with Crippen molar-refractivity contribution in [3.8, 4) is 0 Å². The molecule has 3 aromatic rings. The van der Waals surface area contributed by atoms with Crippen molar-refractivity contribution in [1.29, 1.82) is 0 Å². The van der Waals surface area contributed by atoms with Crippen molar-refractivity contribution in [3.05, 3.63) is 57.6 Å². The molecule has 0 bridgehead atoms. The Balaban J connectivity index is 1.74. The van der Waals surface area contributed by atoms with Crippen LogP contribution in [0.3, 0.4) is 0 Å². The van der Waals surface area contributed by atoms with E-state index in [1.165, 1.54) is 4.90 Å². The summed E-state index contributed by atoms with van der Waals surface area (Å²) < 4.78 is 40.2. The molecule has 11 heteroatoms. The quantitative estimate of drug-likeness (QED) is 0.536. The molecule has 1 atom stereocenters. The van der Waals surface area contributed by atoms with E-state index >= 15 is 0 Å². The van der Waals surface area contributed by atoms with Gasteiger partial charge in [-0.3, -0.25) is 9.59 Å². The van der Waals surface area contributed by atoms with Crippen LogP contribution >= 0.6 is 11.6 Å². The second-order valence-corrected chi connectivity index (χ2v) is 8.91. The largest absolute Gasteiger partial charge is 0.453 e. The number of aromatic nitrogens is 4. The van der Waals surface area contributed by atoms with E-state index in [2.05, 4.69) is 15.1 Å². The number of carbonyl (C=O) groups is 2. The fraction of sp³-hybridized carbons (Fsp3) is 0.435. The number of halogens is 4. The summed E-state index contributed by atoms with van der Waals surface area (Å²) in [5.74, 6) is -1.95. The van der Waals surface area contributed by atoms with Crippen molar-refractivity contribution in [2.45, 2.75) is 57.7 Å². The Bertz CT molecular complexity index is 1290. The number of benzene rings is 1. The maximum Gasteiger partial charge on any atom is 0.453 e. The molecule has 0 saturated heterocycles. The van der Waals surface area contributed by atoms with E-state index in [-0.39, 0.29) is 23.9 Å². The fourth-order valence-electron chi connectivity index (χ4n) is 4.70. The van der Waals surface area contributed by atoms with E-state index in [1.807, 2.05) is 0 Å². The number of alkyl halides is 3. The standard InChI is InChI=1S/C23H23ClF3N5O2/c1-13-15(14(2)32-21(28-13)29-20(30-32)23(25,26)27)12-19(34)31(3)22(11-7-6-10-18(22)33)16-8-4-5-9-17(16)24/h4-5,8-9H,6-7,10-12H2,1-3H3. The van der Waals surface area contributed by atoms with Crippen molar-refractivity contribution < 1.29 is 22.8 Å². The summed E-state index contributed by atoms with van der Waals surface area (Å²) in [6.45, 7) is 3.17. The molecular formula is C23H23ClF3N5O2. The molecule has 1 aliphatic rings. The summed E-state index contributed by atoms with van der Waals surface area (Å²) in [6.07, 6.45) is -2.64. The van der Waals surface area contributed by atoms with Crippen molar-refractivity contribution in [2.24, 2.45) is 0 Å². The van der Waals surface area contributed by atoms with Gasteiger partial charge in [-0.25, -0.2) is 9.50 Å². The Morgan fingerprint density at radius 2 is 1.91 bits per heavy atom. The number of hydrogen-bond acceptors (Lipinski definition) is 5. The minimum atomic E-state index is -4.72. The van der Waals surface area contributed by atoms with Gasteiger partial charge < -0.3 is 4.90 Å². The first-order valence-electron chi connectivity index (χ1n) is 10.8. The molecule has 0 spiro atoms. The monoisotopic (exact) mass is 493 g/mol. The number of fused-ring (bicyclic) bond motifs is 1. The van der Waals surface area contributed by atoms with Crippen LogP contribution in [0.4, 0.5) is 13.2 Å². The topological polar surface area (TPSA) is 80.5 Å². The van der Waals surface area contributed by atoms with Gasteiger partial charge in [-0.15, -0.1) is 5.10 Å². The van der Waals surface area contributed by atoms with Gasteiger partial charge in [0.1, 0.15) is 5.54 Å². The molecule has 7 nitrogen and oxygen atoms in total. The van der Waals surface area contributed by atoms with Crippen molar-refractivity contribution in [3.63, 3.8) is 0 Å². The average molecular weight is 494 g/mol. The van der Waals surface area contributed by atoms with Gasteiger partial charge in [0.15, 0.2) is 5.78 Å². The number of aryl methyl sites for hydroxylation is 2. The van der Waals surface area contributed by atoms with Gasteiger partial charge >= 0.3 is 6.18 Å². The molecule has 4 rings (SSSR count). The summed E-state index contributed by atoms with van der Waals surface area (Å²) in [5, 5.41) is 3.93. The van der Waals surface area contributed by atoms with Gasteiger partial charge in [0.25, 0.3) is 11.6 Å². The second kappa shape index (κ2) is 8.65. The normalized spacial score (nSPS) is 19.0. The first-order valence-corrected chi connectivity index (χ1v) is 11.2. The second-order valence-electron chi connectivity index (χ2n) is 8.51. The van der Waals surface area contributed by atoms with Crippen LogP contribution in [0.15, 0.2) is 24.3 Å². The highest BCUT2D eigenvalue weighted by Crippen LogP contribution is 2.42. The van der Waals surface area contributed by atoms with Gasteiger partial charge in [-0.05, 0) is 39.2 Å². The van der Waals surface area contributed by atoms with Gasteiger partial charge in [-0.2, -0.15) is 18.2 Å². The molecule has 1 fully saturated rings. The number of amides is 1. The fourth-order valence-corrected chi connectivity index (χ4v) is 4.99. The molecular weight excluding hydrogens is 471 g/mol. The van der Waals surface area contributed by atoms with E-state index in [1.54, 1.807) is 45.2 Å². The first-order chi connectivity index (χ1) is 16.0. The van der Waals surface area contributed by atoms with Gasteiger partial charge in [-0.1, -0.05) is 29.8 Å². The van der Waals surface area contributed by atoms with Crippen LogP contribution in [0.5, 0.6) is 0 Å². The summed E-state index contributed by atoms with van der Waals surface area (Å²) in [7, 11) is 1.57. The molecule has 180 valence electrons. The lowest BCUT2D eigenvalue weighted by Crippen LogP contribution is -2.54. The lowest BCUT2D eigenvalue weighted by molar-refractivity contribution is -0.147. The highest BCUT2D eigenvalue weighted by Gasteiger charge is 2.48. The predicted octanol–water partition coefficient (Wildman–Crippen LogP) is 4.45. The van der Waals surface area contributed by atoms with Crippen LogP contribution in [0.25, 0.3) is 5.78 Å². The van der Waals surface area contributed by atoms with Crippen molar-refractivity contribution in [2.75, 3.05) is 7.05 Å². The van der Waals surface area contributed by atoms with Crippen LogP contribution < -0.4 is 0 Å². The zero-order chi connectivity index (χ0) is 24.8. The summed E-state index contributed by atoms with van der Waals surface area (Å²) in [6, 6.07) is 6.98. The number of ketones is 1. The van der Waals surface area contributed by atoms with Crippen LogP contribution in [0.2, 0.25) is 5.02 Å². The van der Waals surface area contributed by atoms with Gasteiger partial charge in [0.2, 0.25) is 5.91 Å². The molecule has 1 aromatic carbocycles. The molecule has 0 N–H and O–H groups in total. The zero-order valence-corrected chi connectivity index (χ0v) is 19.7. The molecule has 2 heterocycles. The molecule has 34 heavy (non-hydrogen) atoms. The third kappa shape index (κ3) is 3.93. The third-order valence-electron chi connectivity index (χ3n) is 6.55. The Morgan fingerprint density at radius 1 is 1.21 bits per heavy atom. The van der Waals surface area contributed by atoms with E-state index in [0.717, 1.165) is 17.4 Å². The van der Waals surface area contributed by atoms with Crippen LogP contribution in [-0.4, -0.2) is 43.2 Å². The Kier molecular flexibility index (Phi) is 6.14. The smallest absolute Gasteiger partial charge is 0.329 e. The highest BCUT2D eigenvalue weighted by atomic mass is 35.5. The van der Waals surface area contributed by atoms with Crippen LogP contribution in [-0.2, 0) is 27.7 Å². The van der Waals surface area contributed by atoms with E-state index < -0.39 is 17.5 Å². The highest BCUT2D eigenvalue weighted by molar-refractivity contribution is 6.31. The SMILES string of the molecule is Cc1nc2nc(C(F)(F)F)nn2c(C)c1CC(=O)N(C)C1(c2ccccc2Cl)CCCCC1=O. The Hall–Kier alpha value is -3.01. The molecule has 1 unspecified atom stereocenters. The summed E-state index contributed by atoms with van der Waals surface area (Å²) in [5.41, 5.74) is 0.499. The number of likely N-dealkylation sites (N-methyl/N-ethyl adjacent to an activating group) is 1. The molecule has 1 aliphatic carbocycles.